The van der Waals surface area contributed by atoms with E-state index in [1.807, 2.05) is 0 Å². The third kappa shape index (κ3) is 3.13. The third-order valence-electron chi connectivity index (χ3n) is 3.26. The fourth-order valence-corrected chi connectivity index (χ4v) is 2.20. The molecule has 1 amide bonds. The van der Waals surface area contributed by atoms with Crippen LogP contribution in [0.5, 0.6) is 5.75 Å². The summed E-state index contributed by atoms with van der Waals surface area (Å²) in [6.07, 6.45) is 0. The van der Waals surface area contributed by atoms with Gasteiger partial charge in [-0.15, -0.1) is 0 Å². The highest BCUT2D eigenvalue weighted by Crippen LogP contribution is 2.21. The predicted molar refractivity (Wildman–Crippen MR) is 87.4 cm³/mol. The Hall–Kier alpha value is -3.12. The van der Waals surface area contributed by atoms with Gasteiger partial charge in [0.1, 0.15) is 16.9 Å². The molecule has 3 rings (SSSR count). The monoisotopic (exact) mass is 343 g/mol. The van der Waals surface area contributed by atoms with Crippen LogP contribution < -0.4 is 16.1 Å². The predicted octanol–water partition coefficient (Wildman–Crippen LogP) is 2.76. The molecular formula is C17H10ClNO5. The minimum atomic E-state index is -0.871. The van der Waals surface area contributed by atoms with Gasteiger partial charge >= 0.3 is 11.6 Å². The second kappa shape index (κ2) is 6.17. The molecule has 0 aliphatic carbocycles. The van der Waals surface area contributed by atoms with Crippen LogP contribution in [0.15, 0.2) is 57.7 Å². The van der Waals surface area contributed by atoms with Crippen molar-refractivity contribution in [2.45, 2.75) is 0 Å². The first-order valence-electron chi connectivity index (χ1n) is 6.79. The molecule has 0 aliphatic heterocycles. The summed E-state index contributed by atoms with van der Waals surface area (Å²) in [5, 5.41) is 0.985. The molecule has 2 aromatic carbocycles. The number of ether oxygens (including phenoxy) is 1. The van der Waals surface area contributed by atoms with Crippen LogP contribution in [0.3, 0.4) is 0 Å². The van der Waals surface area contributed by atoms with E-state index in [0.29, 0.717) is 16.0 Å². The lowest BCUT2D eigenvalue weighted by molar-refractivity contribution is 0.0734. The third-order valence-corrected chi connectivity index (χ3v) is 3.52. The lowest BCUT2D eigenvalue weighted by Crippen LogP contribution is -2.20. The van der Waals surface area contributed by atoms with Crippen molar-refractivity contribution >= 4 is 34.4 Å². The molecule has 1 heterocycles. The fourth-order valence-electron chi connectivity index (χ4n) is 2.08. The van der Waals surface area contributed by atoms with Crippen molar-refractivity contribution in [1.82, 2.24) is 0 Å². The zero-order chi connectivity index (χ0) is 17.3. The minimum Gasteiger partial charge on any atom is -0.423 e. The van der Waals surface area contributed by atoms with Crippen LogP contribution in [0.1, 0.15) is 20.7 Å². The molecule has 24 heavy (non-hydrogen) atoms. The molecule has 0 aliphatic rings. The van der Waals surface area contributed by atoms with E-state index in [0.717, 1.165) is 0 Å². The van der Waals surface area contributed by atoms with Gasteiger partial charge in [-0.25, -0.2) is 9.59 Å². The van der Waals surface area contributed by atoms with Gasteiger partial charge in [0, 0.05) is 16.5 Å². The van der Waals surface area contributed by atoms with Crippen molar-refractivity contribution in [3.05, 3.63) is 75.1 Å². The zero-order valence-electron chi connectivity index (χ0n) is 12.1. The van der Waals surface area contributed by atoms with E-state index >= 15 is 0 Å². The molecule has 0 spiro atoms. The molecule has 0 unspecified atom stereocenters. The molecule has 0 bridgehead atoms. The Morgan fingerprint density at radius 3 is 2.42 bits per heavy atom. The zero-order valence-corrected chi connectivity index (χ0v) is 12.9. The van der Waals surface area contributed by atoms with Gasteiger partial charge in [0.15, 0.2) is 0 Å². The van der Waals surface area contributed by atoms with Gasteiger partial charge in [-0.1, -0.05) is 11.6 Å². The average molecular weight is 344 g/mol. The van der Waals surface area contributed by atoms with E-state index in [4.69, 9.17) is 26.5 Å². The number of carbonyl (C=O) groups is 2. The van der Waals surface area contributed by atoms with Gasteiger partial charge in [-0.2, -0.15) is 0 Å². The number of esters is 1. The maximum absolute atomic E-state index is 12.1. The summed E-state index contributed by atoms with van der Waals surface area (Å²) in [5.41, 5.74) is 4.50. The van der Waals surface area contributed by atoms with Crippen molar-refractivity contribution < 1.29 is 18.7 Å². The van der Waals surface area contributed by atoms with Crippen LogP contribution in [0.4, 0.5) is 0 Å². The molecule has 0 saturated heterocycles. The van der Waals surface area contributed by atoms with Crippen LogP contribution in [0.2, 0.25) is 5.02 Å². The Morgan fingerprint density at radius 2 is 1.75 bits per heavy atom. The Morgan fingerprint density at radius 1 is 1.04 bits per heavy atom. The van der Waals surface area contributed by atoms with E-state index in [2.05, 4.69) is 0 Å². The molecule has 0 saturated carbocycles. The molecule has 3 aromatic rings. The topological polar surface area (TPSA) is 99.6 Å². The van der Waals surface area contributed by atoms with Gasteiger partial charge in [0.25, 0.3) is 5.91 Å². The van der Waals surface area contributed by atoms with Crippen LogP contribution in [0.25, 0.3) is 11.0 Å². The molecule has 2 N–H and O–H groups in total. The Bertz CT molecular complexity index is 1010. The smallest absolute Gasteiger partial charge is 0.349 e. The first kappa shape index (κ1) is 15.8. The number of hydrogen-bond acceptors (Lipinski definition) is 5. The van der Waals surface area contributed by atoms with Crippen molar-refractivity contribution in [3.63, 3.8) is 0 Å². The van der Waals surface area contributed by atoms with Crippen molar-refractivity contribution in [2.75, 3.05) is 0 Å². The molecule has 7 heteroatoms. The molecule has 0 atom stereocenters. The molecular weight excluding hydrogens is 334 g/mol. The van der Waals surface area contributed by atoms with E-state index in [-0.39, 0.29) is 16.9 Å². The summed E-state index contributed by atoms with van der Waals surface area (Å²) in [6, 6.07) is 12.0. The second-order valence-corrected chi connectivity index (χ2v) is 5.34. The number of halogens is 1. The minimum absolute atomic E-state index is 0.173. The second-order valence-electron chi connectivity index (χ2n) is 4.91. The van der Waals surface area contributed by atoms with E-state index in [9.17, 15) is 14.4 Å². The molecule has 0 radical (unpaired) electrons. The van der Waals surface area contributed by atoms with Crippen LogP contribution in [-0.4, -0.2) is 11.9 Å². The number of carbonyl (C=O) groups excluding carboxylic acids is 2. The number of benzene rings is 2. The highest BCUT2D eigenvalue weighted by Gasteiger charge is 2.13. The SMILES string of the molecule is NC(=O)c1cc2ccc(OC(=O)c3ccc(Cl)cc3)cc2oc1=O. The normalized spacial score (nSPS) is 10.5. The van der Waals surface area contributed by atoms with Crippen LogP contribution >= 0.6 is 11.6 Å². The van der Waals surface area contributed by atoms with Crippen molar-refractivity contribution in [3.8, 4) is 5.75 Å². The number of fused-ring (bicyclic) bond motifs is 1. The van der Waals surface area contributed by atoms with Gasteiger partial charge in [-0.05, 0) is 42.5 Å². The summed E-state index contributed by atoms with van der Waals surface area (Å²) < 4.78 is 10.3. The number of primary amides is 1. The van der Waals surface area contributed by atoms with Gasteiger partial charge < -0.3 is 14.9 Å². The largest absolute Gasteiger partial charge is 0.423 e. The molecule has 120 valence electrons. The van der Waals surface area contributed by atoms with E-state index in [1.165, 1.54) is 30.3 Å². The molecule has 6 nitrogen and oxygen atoms in total. The van der Waals surface area contributed by atoms with Crippen molar-refractivity contribution in [2.24, 2.45) is 5.73 Å². The quantitative estimate of drug-likeness (QED) is 0.448. The van der Waals surface area contributed by atoms with Gasteiger partial charge in [0.2, 0.25) is 0 Å². The lowest BCUT2D eigenvalue weighted by Gasteiger charge is -2.06. The highest BCUT2D eigenvalue weighted by molar-refractivity contribution is 6.30. The lowest BCUT2D eigenvalue weighted by atomic mass is 10.1. The standard InChI is InChI=1S/C17H10ClNO5/c18-11-4-1-9(2-5-11)16(21)23-12-6-3-10-7-13(15(19)20)17(22)24-14(10)8-12/h1-8H,(H2,19,20). The maximum atomic E-state index is 12.1. The first-order chi connectivity index (χ1) is 11.4. The highest BCUT2D eigenvalue weighted by atomic mass is 35.5. The number of rotatable bonds is 3. The number of hydrogen-bond donors (Lipinski definition) is 1. The van der Waals surface area contributed by atoms with Crippen LogP contribution in [0, 0.1) is 0 Å². The van der Waals surface area contributed by atoms with Gasteiger partial charge in [-0.3, -0.25) is 4.79 Å². The molecule has 1 aromatic heterocycles. The van der Waals surface area contributed by atoms with E-state index in [1.54, 1.807) is 18.2 Å². The Kier molecular flexibility index (Phi) is 4.05. The summed E-state index contributed by atoms with van der Waals surface area (Å²) >= 11 is 5.76. The number of nitrogens with two attached hydrogens (primary N) is 1. The summed E-state index contributed by atoms with van der Waals surface area (Å²) in [7, 11) is 0. The van der Waals surface area contributed by atoms with Crippen molar-refractivity contribution in [1.29, 1.82) is 0 Å². The Balaban J connectivity index is 1.92. The average Bonchev–Trinajstić information content (AvgIpc) is 2.54. The van der Waals surface area contributed by atoms with E-state index < -0.39 is 17.5 Å². The van der Waals surface area contributed by atoms with Gasteiger partial charge in [0.05, 0.1) is 5.56 Å². The summed E-state index contributed by atoms with van der Waals surface area (Å²) in [4.78, 5) is 34.9. The number of amides is 1. The van der Waals surface area contributed by atoms with Crippen LogP contribution in [-0.2, 0) is 0 Å². The Labute approximate surface area is 140 Å². The maximum Gasteiger partial charge on any atom is 0.349 e. The fraction of sp³-hybridized carbons (Fsp3) is 0. The first-order valence-corrected chi connectivity index (χ1v) is 7.17. The molecule has 0 fully saturated rings. The summed E-state index contributed by atoms with van der Waals surface area (Å²) in [6.45, 7) is 0. The summed E-state index contributed by atoms with van der Waals surface area (Å²) in [5.74, 6) is -1.26.